The molecule has 2 rings (SSSR count). The van der Waals surface area contributed by atoms with Crippen molar-refractivity contribution in [1.29, 1.82) is 0 Å². The molecular formula is C15H10F5NO4. The van der Waals surface area contributed by atoms with Gasteiger partial charge in [-0.25, -0.2) is 28.1 Å². The lowest BCUT2D eigenvalue weighted by Gasteiger charge is -2.18. The number of carbonyl (C=O) groups excluding carboxylic acids is 2. The highest BCUT2D eigenvalue weighted by Crippen LogP contribution is 2.36. The van der Waals surface area contributed by atoms with Gasteiger partial charge in [0.15, 0.2) is 0 Å². The standard InChI is InChI=1S/C15H10F5NO4/c16-14(17,7-6-12(22)24-25-13(23)15(18,19)20)10-4-1-5-11-9(10)3-2-8-21-11/h1-5,8H,6-7H2. The van der Waals surface area contributed by atoms with Gasteiger partial charge < -0.3 is 0 Å². The van der Waals surface area contributed by atoms with Gasteiger partial charge in [0.25, 0.3) is 5.92 Å². The molecule has 0 aliphatic rings. The minimum atomic E-state index is -5.36. The van der Waals surface area contributed by atoms with Crippen molar-refractivity contribution in [1.82, 2.24) is 4.98 Å². The third-order valence-corrected chi connectivity index (χ3v) is 3.12. The fourth-order valence-corrected chi connectivity index (χ4v) is 1.99. The van der Waals surface area contributed by atoms with Crippen molar-refractivity contribution in [3.05, 3.63) is 42.1 Å². The largest absolute Gasteiger partial charge is 0.495 e. The number of fused-ring (bicyclic) bond motifs is 1. The minimum absolute atomic E-state index is 0.173. The molecule has 5 nitrogen and oxygen atoms in total. The van der Waals surface area contributed by atoms with E-state index in [0.29, 0.717) is 5.52 Å². The average Bonchev–Trinajstić information content (AvgIpc) is 2.56. The zero-order valence-electron chi connectivity index (χ0n) is 12.3. The number of halogens is 5. The van der Waals surface area contributed by atoms with Crippen LogP contribution in [0.25, 0.3) is 10.9 Å². The molecule has 0 saturated heterocycles. The number of rotatable bonds is 4. The molecule has 0 radical (unpaired) electrons. The summed E-state index contributed by atoms with van der Waals surface area (Å²) in [4.78, 5) is 32.3. The van der Waals surface area contributed by atoms with Crippen LogP contribution in [0.2, 0.25) is 0 Å². The Labute approximate surface area is 137 Å². The van der Waals surface area contributed by atoms with Gasteiger partial charge in [-0.3, -0.25) is 4.98 Å². The van der Waals surface area contributed by atoms with Crippen molar-refractivity contribution >= 4 is 22.8 Å². The van der Waals surface area contributed by atoms with E-state index in [0.717, 1.165) is 6.07 Å². The van der Waals surface area contributed by atoms with Crippen molar-refractivity contribution in [2.75, 3.05) is 0 Å². The van der Waals surface area contributed by atoms with Gasteiger partial charge in [0, 0.05) is 23.6 Å². The molecule has 0 aliphatic carbocycles. The first-order valence-corrected chi connectivity index (χ1v) is 6.82. The lowest BCUT2D eigenvalue weighted by atomic mass is 9.99. The summed E-state index contributed by atoms with van der Waals surface area (Å²) in [5, 5.41) is 0.173. The average molecular weight is 363 g/mol. The molecule has 0 spiro atoms. The highest BCUT2D eigenvalue weighted by Gasteiger charge is 2.43. The number of carbonyl (C=O) groups is 2. The second kappa shape index (κ2) is 6.99. The summed E-state index contributed by atoms with van der Waals surface area (Å²) in [5.41, 5.74) is -0.0699. The van der Waals surface area contributed by atoms with E-state index in [-0.39, 0.29) is 5.39 Å². The Balaban J connectivity index is 2.01. The molecular weight excluding hydrogens is 353 g/mol. The van der Waals surface area contributed by atoms with E-state index >= 15 is 0 Å². The Bertz CT molecular complexity index is 786. The number of hydrogen-bond donors (Lipinski definition) is 0. The third kappa shape index (κ3) is 4.61. The molecule has 0 saturated carbocycles. The molecule has 25 heavy (non-hydrogen) atoms. The van der Waals surface area contributed by atoms with Gasteiger partial charge in [-0.05, 0) is 12.1 Å². The molecule has 134 valence electrons. The fraction of sp³-hybridized carbons (Fsp3) is 0.267. The number of alkyl halides is 5. The van der Waals surface area contributed by atoms with E-state index in [1.807, 2.05) is 0 Å². The van der Waals surface area contributed by atoms with Crippen molar-refractivity contribution in [2.45, 2.75) is 24.9 Å². The van der Waals surface area contributed by atoms with Gasteiger partial charge in [0.1, 0.15) is 0 Å². The van der Waals surface area contributed by atoms with Crippen LogP contribution in [0.4, 0.5) is 22.0 Å². The maximum atomic E-state index is 14.3. The van der Waals surface area contributed by atoms with Gasteiger partial charge >= 0.3 is 18.1 Å². The van der Waals surface area contributed by atoms with Gasteiger partial charge in [-0.15, -0.1) is 0 Å². The molecule has 1 aromatic carbocycles. The lowest BCUT2D eigenvalue weighted by Crippen LogP contribution is -2.27. The van der Waals surface area contributed by atoms with E-state index in [1.54, 1.807) is 0 Å². The van der Waals surface area contributed by atoms with Crippen LogP contribution in [0.1, 0.15) is 18.4 Å². The van der Waals surface area contributed by atoms with Gasteiger partial charge in [-0.1, -0.05) is 18.2 Å². The first kappa shape index (κ1) is 18.6. The monoisotopic (exact) mass is 363 g/mol. The van der Waals surface area contributed by atoms with Crippen molar-refractivity contribution in [2.24, 2.45) is 0 Å². The molecule has 0 amide bonds. The number of pyridine rings is 1. The second-order valence-electron chi connectivity index (χ2n) is 4.90. The summed E-state index contributed by atoms with van der Waals surface area (Å²) >= 11 is 0. The predicted molar refractivity (Wildman–Crippen MR) is 73.1 cm³/mol. The Kier molecular flexibility index (Phi) is 5.19. The van der Waals surface area contributed by atoms with Crippen LogP contribution in [0.5, 0.6) is 0 Å². The molecule has 0 N–H and O–H groups in total. The van der Waals surface area contributed by atoms with Crippen LogP contribution in [-0.2, 0) is 25.3 Å². The quantitative estimate of drug-likeness (QED) is 0.471. The Morgan fingerprint density at radius 2 is 1.72 bits per heavy atom. The number of aromatic nitrogens is 1. The van der Waals surface area contributed by atoms with Crippen LogP contribution < -0.4 is 0 Å². The van der Waals surface area contributed by atoms with Crippen LogP contribution in [0, 0.1) is 0 Å². The topological polar surface area (TPSA) is 65.5 Å². The molecule has 2 aromatic rings. The van der Waals surface area contributed by atoms with Gasteiger partial charge in [-0.2, -0.15) is 13.2 Å². The highest BCUT2D eigenvalue weighted by molar-refractivity contribution is 5.82. The molecule has 0 atom stereocenters. The summed E-state index contributed by atoms with van der Waals surface area (Å²) < 4.78 is 64.2. The van der Waals surface area contributed by atoms with E-state index in [2.05, 4.69) is 14.8 Å². The van der Waals surface area contributed by atoms with Crippen LogP contribution in [0.3, 0.4) is 0 Å². The Morgan fingerprint density at radius 3 is 2.40 bits per heavy atom. The van der Waals surface area contributed by atoms with Gasteiger partial charge in [0.05, 0.1) is 11.9 Å². The highest BCUT2D eigenvalue weighted by atomic mass is 19.4. The van der Waals surface area contributed by atoms with Crippen LogP contribution in [-0.4, -0.2) is 23.1 Å². The molecule has 1 heterocycles. The first-order valence-electron chi connectivity index (χ1n) is 6.82. The molecule has 0 fully saturated rings. The molecule has 0 bridgehead atoms. The van der Waals surface area contributed by atoms with E-state index in [9.17, 15) is 31.5 Å². The zero-order valence-corrected chi connectivity index (χ0v) is 12.3. The van der Waals surface area contributed by atoms with E-state index < -0.39 is 42.4 Å². The smallest absolute Gasteiger partial charge is 0.256 e. The number of nitrogens with zero attached hydrogens (tertiary/aromatic N) is 1. The summed E-state index contributed by atoms with van der Waals surface area (Å²) in [6, 6.07) is 6.93. The number of hydrogen-bond acceptors (Lipinski definition) is 5. The van der Waals surface area contributed by atoms with Gasteiger partial charge in [0.2, 0.25) is 0 Å². The predicted octanol–water partition coefficient (Wildman–Crippen LogP) is 3.67. The Hall–Kier alpha value is -2.78. The van der Waals surface area contributed by atoms with Crippen LogP contribution >= 0.6 is 0 Å². The minimum Gasteiger partial charge on any atom is -0.256 e. The second-order valence-corrected chi connectivity index (χ2v) is 4.90. The maximum absolute atomic E-state index is 14.3. The molecule has 0 unspecified atom stereocenters. The molecule has 1 aromatic heterocycles. The zero-order chi connectivity index (χ0) is 18.7. The summed E-state index contributed by atoms with van der Waals surface area (Å²) in [7, 11) is 0. The summed E-state index contributed by atoms with van der Waals surface area (Å²) in [6.07, 6.45) is -5.95. The summed E-state index contributed by atoms with van der Waals surface area (Å²) in [5.74, 6) is -7.77. The Morgan fingerprint density at radius 1 is 1.00 bits per heavy atom. The first-order chi connectivity index (χ1) is 11.6. The maximum Gasteiger partial charge on any atom is 0.495 e. The molecule has 0 aliphatic heterocycles. The van der Waals surface area contributed by atoms with Crippen molar-refractivity contribution < 1.29 is 41.3 Å². The molecule has 10 heteroatoms. The van der Waals surface area contributed by atoms with E-state index in [1.165, 1.54) is 30.5 Å². The fourth-order valence-electron chi connectivity index (χ4n) is 1.99. The van der Waals surface area contributed by atoms with Crippen molar-refractivity contribution in [3.63, 3.8) is 0 Å². The lowest BCUT2D eigenvalue weighted by molar-refractivity contribution is -0.286. The SMILES string of the molecule is O=C(CCC(F)(F)c1cccc2ncccc12)OOC(=O)C(F)(F)F. The van der Waals surface area contributed by atoms with E-state index in [4.69, 9.17) is 0 Å². The third-order valence-electron chi connectivity index (χ3n) is 3.12. The number of benzene rings is 1. The summed E-state index contributed by atoms with van der Waals surface area (Å²) in [6.45, 7) is 0. The van der Waals surface area contributed by atoms with Crippen molar-refractivity contribution in [3.8, 4) is 0 Å². The van der Waals surface area contributed by atoms with Crippen LogP contribution in [0.15, 0.2) is 36.5 Å². The normalized spacial score (nSPS) is 12.0.